The lowest BCUT2D eigenvalue weighted by atomic mass is 10.1. The van der Waals surface area contributed by atoms with Crippen molar-refractivity contribution in [1.29, 1.82) is 0 Å². The van der Waals surface area contributed by atoms with Gasteiger partial charge in [0.05, 0.1) is 12.5 Å². The van der Waals surface area contributed by atoms with E-state index in [4.69, 9.17) is 5.11 Å². The number of anilines is 1. The number of carbonyl (C=O) groups is 1. The molecule has 4 heteroatoms. The molecule has 0 spiro atoms. The van der Waals surface area contributed by atoms with Gasteiger partial charge in [-0.15, -0.1) is 0 Å². The first-order valence-corrected chi connectivity index (χ1v) is 5.83. The Kier molecular flexibility index (Phi) is 4.97. The number of aliphatic hydroxyl groups is 1. The molecule has 0 aromatic heterocycles. The SMILES string of the molecule is CCN(CC)c1ccc(C(O)CC(=O)O)cc1. The standard InChI is InChI=1S/C13H19NO3/c1-3-14(4-2)11-7-5-10(6-8-11)12(15)9-13(16)17/h5-8,12,15H,3-4,9H2,1-2H3,(H,16,17). The number of hydrogen-bond donors (Lipinski definition) is 2. The number of benzene rings is 1. The molecule has 1 aromatic carbocycles. The van der Waals surface area contributed by atoms with E-state index >= 15 is 0 Å². The van der Waals surface area contributed by atoms with Crippen molar-refractivity contribution in [3.63, 3.8) is 0 Å². The van der Waals surface area contributed by atoms with Crippen molar-refractivity contribution in [3.05, 3.63) is 29.8 Å². The van der Waals surface area contributed by atoms with Gasteiger partial charge in [0, 0.05) is 18.8 Å². The van der Waals surface area contributed by atoms with Gasteiger partial charge >= 0.3 is 5.97 Å². The lowest BCUT2D eigenvalue weighted by Crippen LogP contribution is -2.21. The van der Waals surface area contributed by atoms with E-state index in [-0.39, 0.29) is 6.42 Å². The average Bonchev–Trinajstić information content (AvgIpc) is 2.30. The Balaban J connectivity index is 2.76. The van der Waals surface area contributed by atoms with Crippen LogP contribution >= 0.6 is 0 Å². The molecule has 0 amide bonds. The van der Waals surface area contributed by atoms with Gasteiger partial charge in [-0.2, -0.15) is 0 Å². The highest BCUT2D eigenvalue weighted by Crippen LogP contribution is 2.21. The van der Waals surface area contributed by atoms with Gasteiger partial charge in [0.15, 0.2) is 0 Å². The van der Waals surface area contributed by atoms with Crippen LogP contribution in [0.25, 0.3) is 0 Å². The third-order valence-electron chi connectivity index (χ3n) is 2.77. The van der Waals surface area contributed by atoms with Gasteiger partial charge in [0.2, 0.25) is 0 Å². The number of carboxylic acids is 1. The van der Waals surface area contributed by atoms with E-state index in [0.29, 0.717) is 5.56 Å². The van der Waals surface area contributed by atoms with Crippen molar-refractivity contribution < 1.29 is 15.0 Å². The first-order valence-electron chi connectivity index (χ1n) is 5.83. The maximum Gasteiger partial charge on any atom is 0.306 e. The fourth-order valence-electron chi connectivity index (χ4n) is 1.78. The van der Waals surface area contributed by atoms with Crippen LogP contribution in [0.2, 0.25) is 0 Å². The molecule has 0 aliphatic carbocycles. The molecule has 0 heterocycles. The van der Waals surface area contributed by atoms with E-state index in [1.165, 1.54) is 0 Å². The molecule has 4 nitrogen and oxygen atoms in total. The zero-order chi connectivity index (χ0) is 12.8. The van der Waals surface area contributed by atoms with Crippen LogP contribution in [-0.4, -0.2) is 29.3 Å². The third kappa shape index (κ3) is 3.75. The number of hydrogen-bond acceptors (Lipinski definition) is 3. The van der Waals surface area contributed by atoms with Crippen LogP contribution in [0.15, 0.2) is 24.3 Å². The molecular formula is C13H19NO3. The van der Waals surface area contributed by atoms with Crippen molar-refractivity contribution >= 4 is 11.7 Å². The summed E-state index contributed by atoms with van der Waals surface area (Å²) in [5.74, 6) is -0.995. The summed E-state index contributed by atoms with van der Waals surface area (Å²) in [6, 6.07) is 7.38. The molecule has 17 heavy (non-hydrogen) atoms. The normalized spacial score (nSPS) is 12.2. The second kappa shape index (κ2) is 6.25. The van der Waals surface area contributed by atoms with Crippen LogP contribution in [0.3, 0.4) is 0 Å². The lowest BCUT2D eigenvalue weighted by molar-refractivity contribution is -0.139. The zero-order valence-corrected chi connectivity index (χ0v) is 10.3. The van der Waals surface area contributed by atoms with Gasteiger partial charge in [0.25, 0.3) is 0 Å². The smallest absolute Gasteiger partial charge is 0.306 e. The fraction of sp³-hybridized carbons (Fsp3) is 0.462. The van der Waals surface area contributed by atoms with Crippen molar-refractivity contribution in [2.45, 2.75) is 26.4 Å². The van der Waals surface area contributed by atoms with Crippen molar-refractivity contribution in [2.75, 3.05) is 18.0 Å². The van der Waals surface area contributed by atoms with Crippen molar-refractivity contribution in [1.82, 2.24) is 0 Å². The Bertz CT molecular complexity index is 357. The van der Waals surface area contributed by atoms with E-state index in [2.05, 4.69) is 18.7 Å². The van der Waals surface area contributed by atoms with Crippen molar-refractivity contribution in [2.24, 2.45) is 0 Å². The molecule has 94 valence electrons. The van der Waals surface area contributed by atoms with Gasteiger partial charge in [-0.1, -0.05) is 12.1 Å². The van der Waals surface area contributed by atoms with Gasteiger partial charge < -0.3 is 15.1 Å². The lowest BCUT2D eigenvalue weighted by Gasteiger charge is -2.21. The first kappa shape index (κ1) is 13.5. The minimum Gasteiger partial charge on any atom is -0.481 e. The summed E-state index contributed by atoms with van der Waals surface area (Å²) >= 11 is 0. The van der Waals surface area contributed by atoms with E-state index in [9.17, 15) is 9.90 Å². The number of rotatable bonds is 6. The summed E-state index contributed by atoms with van der Waals surface area (Å²) in [4.78, 5) is 12.7. The van der Waals surface area contributed by atoms with Gasteiger partial charge in [0.1, 0.15) is 0 Å². The predicted molar refractivity (Wildman–Crippen MR) is 67.2 cm³/mol. The molecular weight excluding hydrogens is 218 g/mol. The second-order valence-corrected chi connectivity index (χ2v) is 3.88. The Morgan fingerprint density at radius 2 is 1.76 bits per heavy atom. The molecule has 1 unspecified atom stereocenters. The van der Waals surface area contributed by atoms with E-state index in [0.717, 1.165) is 18.8 Å². The van der Waals surface area contributed by atoms with E-state index < -0.39 is 12.1 Å². The van der Waals surface area contributed by atoms with Crippen molar-refractivity contribution in [3.8, 4) is 0 Å². The molecule has 2 N–H and O–H groups in total. The Labute approximate surface area is 101 Å². The average molecular weight is 237 g/mol. The summed E-state index contributed by atoms with van der Waals surface area (Å²) in [6.07, 6.45) is -1.19. The summed E-state index contributed by atoms with van der Waals surface area (Å²) < 4.78 is 0. The van der Waals surface area contributed by atoms with E-state index in [1.54, 1.807) is 12.1 Å². The predicted octanol–water partition coefficient (Wildman–Crippen LogP) is 2.04. The number of aliphatic carboxylic acids is 1. The van der Waals surface area contributed by atoms with Crippen LogP contribution < -0.4 is 4.90 Å². The number of nitrogens with zero attached hydrogens (tertiary/aromatic N) is 1. The zero-order valence-electron chi connectivity index (χ0n) is 10.3. The topological polar surface area (TPSA) is 60.8 Å². The molecule has 1 rings (SSSR count). The molecule has 1 atom stereocenters. The summed E-state index contributed by atoms with van der Waals surface area (Å²) in [6.45, 7) is 6.01. The highest BCUT2D eigenvalue weighted by atomic mass is 16.4. The molecule has 0 aliphatic rings. The number of aliphatic hydroxyl groups excluding tert-OH is 1. The first-order chi connectivity index (χ1) is 8.08. The third-order valence-corrected chi connectivity index (χ3v) is 2.77. The molecule has 1 aromatic rings. The molecule has 0 radical (unpaired) electrons. The van der Waals surface area contributed by atoms with Crippen LogP contribution in [0.4, 0.5) is 5.69 Å². The monoisotopic (exact) mass is 237 g/mol. The summed E-state index contributed by atoms with van der Waals surface area (Å²) in [5.41, 5.74) is 1.73. The highest BCUT2D eigenvalue weighted by molar-refractivity contribution is 5.67. The molecule has 0 bridgehead atoms. The Morgan fingerprint density at radius 1 is 1.24 bits per heavy atom. The van der Waals surface area contributed by atoms with Gasteiger partial charge in [-0.25, -0.2) is 0 Å². The Hall–Kier alpha value is -1.55. The second-order valence-electron chi connectivity index (χ2n) is 3.88. The largest absolute Gasteiger partial charge is 0.481 e. The maximum absolute atomic E-state index is 10.5. The van der Waals surface area contributed by atoms with Crippen LogP contribution in [0.1, 0.15) is 31.9 Å². The summed E-state index contributed by atoms with van der Waals surface area (Å²) in [5, 5.41) is 18.2. The highest BCUT2D eigenvalue weighted by Gasteiger charge is 2.12. The molecule has 0 saturated heterocycles. The van der Waals surface area contributed by atoms with Gasteiger partial charge in [-0.05, 0) is 31.5 Å². The van der Waals surface area contributed by atoms with Crippen LogP contribution in [0.5, 0.6) is 0 Å². The Morgan fingerprint density at radius 3 is 2.18 bits per heavy atom. The van der Waals surface area contributed by atoms with Crippen LogP contribution in [-0.2, 0) is 4.79 Å². The van der Waals surface area contributed by atoms with Crippen LogP contribution in [0, 0.1) is 0 Å². The summed E-state index contributed by atoms with van der Waals surface area (Å²) in [7, 11) is 0. The minimum atomic E-state index is -0.995. The minimum absolute atomic E-state index is 0.259. The molecule has 0 aliphatic heterocycles. The molecule has 0 fully saturated rings. The quantitative estimate of drug-likeness (QED) is 0.795. The molecule has 0 saturated carbocycles. The maximum atomic E-state index is 10.5. The number of carboxylic acid groups (broad SMARTS) is 1. The van der Waals surface area contributed by atoms with Gasteiger partial charge in [-0.3, -0.25) is 4.79 Å². The fourth-order valence-corrected chi connectivity index (χ4v) is 1.78. The van der Waals surface area contributed by atoms with E-state index in [1.807, 2.05) is 12.1 Å².